The summed E-state index contributed by atoms with van der Waals surface area (Å²) < 4.78 is 0. The summed E-state index contributed by atoms with van der Waals surface area (Å²) in [6, 6.07) is 17.2. The van der Waals surface area contributed by atoms with E-state index in [1.165, 1.54) is 22.4 Å². The van der Waals surface area contributed by atoms with Crippen molar-refractivity contribution in [3.05, 3.63) is 65.2 Å². The molecule has 1 heterocycles. The predicted molar refractivity (Wildman–Crippen MR) is 75.6 cm³/mol. The molecular formula is C16H18N2. The van der Waals surface area contributed by atoms with Crippen molar-refractivity contribution in [2.45, 2.75) is 19.5 Å². The van der Waals surface area contributed by atoms with Crippen molar-refractivity contribution in [3.63, 3.8) is 0 Å². The topological polar surface area (TPSA) is 24.1 Å². The largest absolute Gasteiger partial charge is 0.384 e. The van der Waals surface area contributed by atoms with Gasteiger partial charge in [0.1, 0.15) is 0 Å². The van der Waals surface area contributed by atoms with Gasteiger partial charge < -0.3 is 10.6 Å². The summed E-state index contributed by atoms with van der Waals surface area (Å²) in [6.45, 7) is 2.94. The molecule has 0 aromatic heterocycles. The van der Waals surface area contributed by atoms with E-state index in [0.29, 0.717) is 0 Å². The van der Waals surface area contributed by atoms with Crippen LogP contribution < -0.4 is 10.6 Å². The Kier molecular flexibility index (Phi) is 3.29. The third kappa shape index (κ3) is 2.54. The standard InChI is InChI=1S/C16H18N2/c1-2-4-13(5-3-1)11-17-12-14-6-7-16-15(10-14)8-9-18-16/h1-7,10,17-18H,8-9,11-12H2. The number of rotatable bonds is 4. The average molecular weight is 238 g/mol. The number of nitrogens with one attached hydrogen (secondary N) is 2. The first-order valence-electron chi connectivity index (χ1n) is 6.52. The van der Waals surface area contributed by atoms with Crippen LogP contribution in [-0.4, -0.2) is 6.54 Å². The second-order valence-electron chi connectivity index (χ2n) is 4.76. The molecule has 1 aliphatic rings. The minimum atomic E-state index is 0.927. The SMILES string of the molecule is c1ccc(CNCc2ccc3c(c2)CCN3)cc1. The van der Waals surface area contributed by atoms with Gasteiger partial charge in [0.05, 0.1) is 0 Å². The highest BCUT2D eigenvalue weighted by atomic mass is 14.9. The Morgan fingerprint density at radius 2 is 1.78 bits per heavy atom. The van der Waals surface area contributed by atoms with Gasteiger partial charge in [0.2, 0.25) is 0 Å². The molecule has 2 aromatic carbocycles. The molecule has 92 valence electrons. The molecule has 0 spiro atoms. The van der Waals surface area contributed by atoms with E-state index in [1.807, 2.05) is 0 Å². The van der Waals surface area contributed by atoms with E-state index in [0.717, 1.165) is 26.1 Å². The Hall–Kier alpha value is -1.80. The lowest BCUT2D eigenvalue weighted by Crippen LogP contribution is -2.12. The van der Waals surface area contributed by atoms with Gasteiger partial charge in [-0.25, -0.2) is 0 Å². The molecule has 0 bridgehead atoms. The van der Waals surface area contributed by atoms with Crippen LogP contribution in [0.1, 0.15) is 16.7 Å². The summed E-state index contributed by atoms with van der Waals surface area (Å²) in [5.41, 5.74) is 5.46. The zero-order chi connectivity index (χ0) is 12.2. The molecule has 0 fully saturated rings. The molecule has 2 heteroatoms. The predicted octanol–water partition coefficient (Wildman–Crippen LogP) is 2.94. The van der Waals surface area contributed by atoms with Gasteiger partial charge in [-0.3, -0.25) is 0 Å². The second-order valence-corrected chi connectivity index (χ2v) is 4.76. The average Bonchev–Trinajstić information content (AvgIpc) is 2.87. The minimum Gasteiger partial charge on any atom is -0.384 e. The monoisotopic (exact) mass is 238 g/mol. The molecule has 0 atom stereocenters. The van der Waals surface area contributed by atoms with Crippen molar-refractivity contribution in [1.29, 1.82) is 0 Å². The third-order valence-corrected chi connectivity index (χ3v) is 3.38. The summed E-state index contributed by atoms with van der Waals surface area (Å²) in [6.07, 6.45) is 1.15. The Morgan fingerprint density at radius 1 is 0.944 bits per heavy atom. The van der Waals surface area contributed by atoms with E-state index in [1.54, 1.807) is 0 Å². The lowest BCUT2D eigenvalue weighted by atomic mass is 10.1. The Labute approximate surface area is 108 Å². The summed E-state index contributed by atoms with van der Waals surface area (Å²) in [5, 5.41) is 6.88. The van der Waals surface area contributed by atoms with Crippen molar-refractivity contribution < 1.29 is 0 Å². The van der Waals surface area contributed by atoms with E-state index in [9.17, 15) is 0 Å². The Bertz CT molecular complexity index is 520. The number of anilines is 1. The van der Waals surface area contributed by atoms with Crippen molar-refractivity contribution >= 4 is 5.69 Å². The molecule has 0 aliphatic carbocycles. The third-order valence-electron chi connectivity index (χ3n) is 3.38. The van der Waals surface area contributed by atoms with Gasteiger partial charge in [-0.1, -0.05) is 42.5 Å². The van der Waals surface area contributed by atoms with E-state index >= 15 is 0 Å². The van der Waals surface area contributed by atoms with Crippen molar-refractivity contribution in [2.24, 2.45) is 0 Å². The number of benzene rings is 2. The van der Waals surface area contributed by atoms with E-state index in [4.69, 9.17) is 0 Å². The van der Waals surface area contributed by atoms with Gasteiger partial charge in [-0.05, 0) is 29.2 Å². The second kappa shape index (κ2) is 5.23. The minimum absolute atomic E-state index is 0.927. The smallest absolute Gasteiger partial charge is 0.0373 e. The van der Waals surface area contributed by atoms with Crippen LogP contribution in [0.4, 0.5) is 5.69 Å². The van der Waals surface area contributed by atoms with Crippen LogP contribution in [0.15, 0.2) is 48.5 Å². The van der Waals surface area contributed by atoms with Gasteiger partial charge in [0, 0.05) is 25.3 Å². The molecule has 0 saturated carbocycles. The number of fused-ring (bicyclic) bond motifs is 1. The maximum Gasteiger partial charge on any atom is 0.0373 e. The van der Waals surface area contributed by atoms with Gasteiger partial charge in [-0.15, -0.1) is 0 Å². The molecule has 0 saturated heterocycles. The van der Waals surface area contributed by atoms with E-state index < -0.39 is 0 Å². The van der Waals surface area contributed by atoms with Crippen molar-refractivity contribution in [1.82, 2.24) is 5.32 Å². The van der Waals surface area contributed by atoms with Crippen LogP contribution in [0.25, 0.3) is 0 Å². The fraction of sp³-hybridized carbons (Fsp3) is 0.250. The zero-order valence-electron chi connectivity index (χ0n) is 10.4. The van der Waals surface area contributed by atoms with E-state index in [2.05, 4.69) is 59.2 Å². The first-order valence-corrected chi connectivity index (χ1v) is 6.52. The first-order chi connectivity index (χ1) is 8.92. The maximum atomic E-state index is 3.49. The molecule has 2 nitrogen and oxygen atoms in total. The highest BCUT2D eigenvalue weighted by Gasteiger charge is 2.09. The van der Waals surface area contributed by atoms with Gasteiger partial charge in [-0.2, -0.15) is 0 Å². The van der Waals surface area contributed by atoms with E-state index in [-0.39, 0.29) is 0 Å². The van der Waals surface area contributed by atoms with Crippen LogP contribution >= 0.6 is 0 Å². The van der Waals surface area contributed by atoms with Crippen LogP contribution in [0, 0.1) is 0 Å². The molecule has 2 N–H and O–H groups in total. The number of hydrogen-bond acceptors (Lipinski definition) is 2. The summed E-state index contributed by atoms with van der Waals surface area (Å²) in [4.78, 5) is 0. The highest BCUT2D eigenvalue weighted by Crippen LogP contribution is 2.22. The molecule has 0 amide bonds. The molecule has 3 rings (SSSR count). The van der Waals surface area contributed by atoms with Gasteiger partial charge >= 0.3 is 0 Å². The van der Waals surface area contributed by atoms with Crippen LogP contribution in [0.3, 0.4) is 0 Å². The summed E-state index contributed by atoms with van der Waals surface area (Å²) >= 11 is 0. The Morgan fingerprint density at radius 3 is 2.67 bits per heavy atom. The van der Waals surface area contributed by atoms with Crippen LogP contribution in [-0.2, 0) is 19.5 Å². The fourth-order valence-electron chi connectivity index (χ4n) is 2.42. The lowest BCUT2D eigenvalue weighted by molar-refractivity contribution is 0.693. The maximum absolute atomic E-state index is 3.49. The first kappa shape index (κ1) is 11.3. The molecule has 1 aliphatic heterocycles. The molecule has 0 radical (unpaired) electrons. The van der Waals surface area contributed by atoms with Crippen molar-refractivity contribution in [2.75, 3.05) is 11.9 Å². The summed E-state index contributed by atoms with van der Waals surface area (Å²) in [5.74, 6) is 0. The normalized spacial score (nSPS) is 13.1. The highest BCUT2D eigenvalue weighted by molar-refractivity contribution is 5.56. The van der Waals surface area contributed by atoms with Gasteiger partial charge in [0.15, 0.2) is 0 Å². The van der Waals surface area contributed by atoms with Crippen molar-refractivity contribution in [3.8, 4) is 0 Å². The molecular weight excluding hydrogens is 220 g/mol. The number of hydrogen-bond donors (Lipinski definition) is 2. The fourth-order valence-corrected chi connectivity index (χ4v) is 2.42. The molecule has 18 heavy (non-hydrogen) atoms. The quantitative estimate of drug-likeness (QED) is 0.855. The lowest BCUT2D eigenvalue weighted by Gasteiger charge is -2.07. The Balaban J connectivity index is 1.57. The van der Waals surface area contributed by atoms with Crippen LogP contribution in [0.5, 0.6) is 0 Å². The molecule has 0 unspecified atom stereocenters. The molecule has 2 aromatic rings. The van der Waals surface area contributed by atoms with Gasteiger partial charge in [0.25, 0.3) is 0 Å². The zero-order valence-corrected chi connectivity index (χ0v) is 10.4. The summed E-state index contributed by atoms with van der Waals surface area (Å²) in [7, 11) is 0. The van der Waals surface area contributed by atoms with Crippen LogP contribution in [0.2, 0.25) is 0 Å².